The first-order valence-electron chi connectivity index (χ1n) is 6.92. The van der Waals surface area contributed by atoms with Crippen LogP contribution in [0.3, 0.4) is 0 Å². The average molecular weight is 290 g/mol. The number of hydrogen-bond acceptors (Lipinski definition) is 3. The second kappa shape index (κ2) is 5.38. The third kappa shape index (κ3) is 2.23. The number of nitrogens with zero attached hydrogens (tertiary/aromatic N) is 2. The first-order chi connectivity index (χ1) is 10.6. The first kappa shape index (κ1) is 13.9. The number of amides is 1. The smallest absolute Gasteiger partial charge is 0.258 e. The zero-order valence-electron chi connectivity index (χ0n) is 12.1. The van der Waals surface area contributed by atoms with Crippen LogP contribution < -0.4 is 4.90 Å². The molecule has 0 saturated heterocycles. The van der Waals surface area contributed by atoms with Gasteiger partial charge in [-0.3, -0.25) is 4.79 Å². The molecule has 2 aromatic carbocycles. The van der Waals surface area contributed by atoms with Crippen molar-refractivity contribution in [1.82, 2.24) is 0 Å². The maximum atomic E-state index is 12.4. The van der Waals surface area contributed by atoms with Crippen LogP contribution in [0.25, 0.3) is 5.57 Å². The van der Waals surface area contributed by atoms with Gasteiger partial charge in [0.15, 0.2) is 5.76 Å². The van der Waals surface area contributed by atoms with E-state index in [2.05, 4.69) is 0 Å². The minimum Gasteiger partial charge on any atom is -0.499 e. The lowest BCUT2D eigenvalue weighted by atomic mass is 10.1. The Morgan fingerprint density at radius 1 is 1.18 bits per heavy atom. The van der Waals surface area contributed by atoms with E-state index in [0.717, 1.165) is 22.4 Å². The highest BCUT2D eigenvalue weighted by Crippen LogP contribution is 2.29. The zero-order chi connectivity index (χ0) is 15.7. The lowest BCUT2D eigenvalue weighted by Crippen LogP contribution is -2.22. The zero-order valence-corrected chi connectivity index (χ0v) is 12.1. The third-order valence-corrected chi connectivity index (χ3v) is 3.89. The predicted octanol–water partition coefficient (Wildman–Crippen LogP) is 3.66. The van der Waals surface area contributed by atoms with Gasteiger partial charge in [-0.25, -0.2) is 0 Å². The lowest BCUT2D eigenvalue weighted by molar-refractivity contribution is 0.0996. The molecular weight excluding hydrogens is 276 g/mol. The maximum Gasteiger partial charge on any atom is 0.258 e. The molecule has 1 aliphatic rings. The maximum absolute atomic E-state index is 12.4. The number of carbonyl (C=O) groups is 1. The summed E-state index contributed by atoms with van der Waals surface area (Å²) in [6.07, 6.45) is 0. The Bertz CT molecular complexity index is 814. The monoisotopic (exact) mass is 290 g/mol. The van der Waals surface area contributed by atoms with Crippen molar-refractivity contribution in [1.29, 1.82) is 5.26 Å². The van der Waals surface area contributed by atoms with Crippen LogP contribution in [0.15, 0.2) is 54.3 Å². The number of nitriles is 1. The van der Waals surface area contributed by atoms with Crippen LogP contribution in [0.4, 0.5) is 5.69 Å². The van der Waals surface area contributed by atoms with Gasteiger partial charge in [0.25, 0.3) is 5.91 Å². The molecule has 0 spiro atoms. The van der Waals surface area contributed by atoms with Crippen LogP contribution in [0, 0.1) is 11.3 Å². The Balaban J connectivity index is 1.90. The highest BCUT2D eigenvalue weighted by Gasteiger charge is 2.27. The van der Waals surface area contributed by atoms with Gasteiger partial charge in [0, 0.05) is 16.8 Å². The quantitative estimate of drug-likeness (QED) is 0.521. The molecule has 0 fully saturated rings. The summed E-state index contributed by atoms with van der Waals surface area (Å²) in [5, 5.41) is 18.2. The minimum absolute atomic E-state index is 0.00418. The molecule has 0 radical (unpaired) electrons. The van der Waals surface area contributed by atoms with Gasteiger partial charge >= 0.3 is 0 Å². The Hall–Kier alpha value is -3.06. The molecule has 1 aliphatic heterocycles. The van der Waals surface area contributed by atoms with Gasteiger partial charge in [-0.1, -0.05) is 30.3 Å². The van der Waals surface area contributed by atoms with Crippen LogP contribution >= 0.6 is 0 Å². The largest absolute Gasteiger partial charge is 0.499 e. The highest BCUT2D eigenvalue weighted by atomic mass is 16.3. The molecule has 0 unspecified atom stereocenters. The molecule has 1 amide bonds. The summed E-state index contributed by atoms with van der Waals surface area (Å²) in [4.78, 5) is 14.1. The summed E-state index contributed by atoms with van der Waals surface area (Å²) in [5.74, 6) is -0.298. The number of anilines is 1. The molecule has 0 aliphatic carbocycles. The molecule has 1 N–H and O–H groups in total. The molecule has 0 aromatic heterocycles. The van der Waals surface area contributed by atoms with Crippen molar-refractivity contribution in [3.8, 4) is 6.07 Å². The second-order valence-electron chi connectivity index (χ2n) is 5.18. The van der Waals surface area contributed by atoms with Crippen molar-refractivity contribution in [3.05, 3.63) is 71.0 Å². The topological polar surface area (TPSA) is 64.3 Å². The van der Waals surface area contributed by atoms with E-state index in [-0.39, 0.29) is 11.7 Å². The van der Waals surface area contributed by atoms with Gasteiger partial charge in [-0.05, 0) is 36.2 Å². The van der Waals surface area contributed by atoms with E-state index in [1.54, 1.807) is 30.0 Å². The van der Waals surface area contributed by atoms with Crippen LogP contribution in [-0.4, -0.2) is 11.0 Å². The molecule has 1 heterocycles. The highest BCUT2D eigenvalue weighted by molar-refractivity contribution is 6.10. The van der Waals surface area contributed by atoms with Crippen molar-refractivity contribution in [3.63, 3.8) is 0 Å². The van der Waals surface area contributed by atoms with Gasteiger partial charge < -0.3 is 10.0 Å². The Labute approximate surface area is 128 Å². The van der Waals surface area contributed by atoms with Crippen LogP contribution in [0.2, 0.25) is 0 Å². The van der Waals surface area contributed by atoms with Crippen molar-refractivity contribution in [2.24, 2.45) is 0 Å². The Morgan fingerprint density at radius 3 is 2.50 bits per heavy atom. The molecule has 0 atom stereocenters. The third-order valence-electron chi connectivity index (χ3n) is 3.89. The first-order valence-corrected chi connectivity index (χ1v) is 6.92. The van der Waals surface area contributed by atoms with E-state index in [9.17, 15) is 9.90 Å². The van der Waals surface area contributed by atoms with Crippen LogP contribution in [0.1, 0.15) is 28.4 Å². The van der Waals surface area contributed by atoms with Gasteiger partial charge in [0.05, 0.1) is 6.54 Å². The SMILES string of the molecule is CC(=C(O)C#N)c1ccc(N2Cc3ccccc3C2=O)cc1. The van der Waals surface area contributed by atoms with E-state index in [1.165, 1.54) is 0 Å². The summed E-state index contributed by atoms with van der Waals surface area (Å²) < 4.78 is 0. The summed E-state index contributed by atoms with van der Waals surface area (Å²) in [6.45, 7) is 2.25. The van der Waals surface area contributed by atoms with E-state index in [1.807, 2.05) is 36.4 Å². The number of fused-ring (bicyclic) bond motifs is 1. The van der Waals surface area contributed by atoms with Crippen molar-refractivity contribution in [2.75, 3.05) is 4.90 Å². The average Bonchev–Trinajstić information content (AvgIpc) is 2.91. The number of benzene rings is 2. The normalized spacial score (nSPS) is 14.4. The molecule has 0 saturated carbocycles. The van der Waals surface area contributed by atoms with Crippen molar-refractivity contribution in [2.45, 2.75) is 13.5 Å². The van der Waals surface area contributed by atoms with E-state index < -0.39 is 0 Å². The molecular formula is C18H14N2O2. The van der Waals surface area contributed by atoms with E-state index >= 15 is 0 Å². The van der Waals surface area contributed by atoms with Gasteiger partial charge in [0.1, 0.15) is 6.07 Å². The summed E-state index contributed by atoms with van der Waals surface area (Å²) in [6, 6.07) is 16.6. The van der Waals surface area contributed by atoms with Crippen LogP contribution in [-0.2, 0) is 6.54 Å². The minimum atomic E-state index is -0.294. The number of carbonyl (C=O) groups excluding carboxylic acids is 1. The summed E-state index contributed by atoms with van der Waals surface area (Å²) in [7, 11) is 0. The number of aliphatic hydroxyl groups excluding tert-OH is 1. The van der Waals surface area contributed by atoms with Crippen molar-refractivity contribution < 1.29 is 9.90 Å². The summed E-state index contributed by atoms with van der Waals surface area (Å²) in [5.41, 5.74) is 3.84. The predicted molar refractivity (Wildman–Crippen MR) is 84.2 cm³/mol. The fourth-order valence-corrected chi connectivity index (χ4v) is 2.57. The number of hydrogen-bond donors (Lipinski definition) is 1. The standard InChI is InChI=1S/C18H14N2O2/c1-12(17(21)10-19)13-6-8-15(9-7-13)20-11-14-4-2-3-5-16(14)18(20)22/h2-9,21H,11H2,1H3. The van der Waals surface area contributed by atoms with Gasteiger partial charge in [-0.2, -0.15) is 5.26 Å². The number of rotatable bonds is 2. The van der Waals surface area contributed by atoms with E-state index in [4.69, 9.17) is 5.26 Å². The molecule has 4 nitrogen and oxygen atoms in total. The van der Waals surface area contributed by atoms with Crippen molar-refractivity contribution >= 4 is 17.2 Å². The lowest BCUT2D eigenvalue weighted by Gasteiger charge is -2.16. The Morgan fingerprint density at radius 2 is 1.86 bits per heavy atom. The molecule has 22 heavy (non-hydrogen) atoms. The molecule has 0 bridgehead atoms. The van der Waals surface area contributed by atoms with Gasteiger partial charge in [-0.15, -0.1) is 0 Å². The summed E-state index contributed by atoms with van der Waals surface area (Å²) >= 11 is 0. The molecule has 108 valence electrons. The number of allylic oxidation sites excluding steroid dienone is 2. The fraction of sp³-hybridized carbons (Fsp3) is 0.111. The van der Waals surface area contributed by atoms with Crippen LogP contribution in [0.5, 0.6) is 0 Å². The second-order valence-corrected chi connectivity index (χ2v) is 5.18. The molecule has 4 heteroatoms. The Kier molecular flexibility index (Phi) is 3.40. The van der Waals surface area contributed by atoms with Gasteiger partial charge in [0.2, 0.25) is 0 Å². The fourth-order valence-electron chi connectivity index (χ4n) is 2.57. The molecule has 2 aromatic rings. The number of aliphatic hydroxyl groups is 1. The van der Waals surface area contributed by atoms with E-state index in [0.29, 0.717) is 12.1 Å². The molecule has 3 rings (SSSR count).